The van der Waals surface area contributed by atoms with Crippen molar-refractivity contribution < 1.29 is 31.9 Å². The molecule has 0 aromatic heterocycles. The molecule has 0 aliphatic heterocycles. The van der Waals surface area contributed by atoms with Gasteiger partial charge in [0.25, 0.3) is 5.91 Å². The number of halogens is 5. The molecule has 8 heteroatoms. The number of nitrogens with one attached hydrogen (secondary N) is 1. The number of carbonyl (C=O) groups is 1. The van der Waals surface area contributed by atoms with Crippen molar-refractivity contribution in [1.82, 2.24) is 5.32 Å². The molecule has 3 aromatic rings. The summed E-state index contributed by atoms with van der Waals surface area (Å²) in [5.41, 5.74) is 1.46. The fourth-order valence-electron chi connectivity index (χ4n) is 4.50. The average molecular weight is 489 g/mol. The van der Waals surface area contributed by atoms with E-state index in [1.165, 1.54) is 48.5 Å². The quantitative estimate of drug-likeness (QED) is 0.422. The van der Waals surface area contributed by atoms with Crippen LogP contribution in [0.3, 0.4) is 0 Å². The highest BCUT2D eigenvalue weighted by molar-refractivity contribution is 5.96. The first-order chi connectivity index (χ1) is 16.6. The summed E-state index contributed by atoms with van der Waals surface area (Å²) in [5, 5.41) is 13.8. The van der Waals surface area contributed by atoms with Crippen molar-refractivity contribution in [3.63, 3.8) is 0 Å². The number of rotatable bonds is 6. The normalized spacial score (nSPS) is 15.3. The number of benzene rings is 3. The maximum Gasteiger partial charge on any atom is 0.416 e. The van der Waals surface area contributed by atoms with Gasteiger partial charge in [-0.1, -0.05) is 24.3 Å². The molecule has 4 rings (SSSR count). The summed E-state index contributed by atoms with van der Waals surface area (Å²) in [6.45, 7) is 0. The van der Waals surface area contributed by atoms with Crippen molar-refractivity contribution in [2.75, 3.05) is 0 Å². The van der Waals surface area contributed by atoms with Crippen LogP contribution in [-0.2, 0) is 25.4 Å². The second-order valence-electron chi connectivity index (χ2n) is 8.73. The van der Waals surface area contributed by atoms with Crippen molar-refractivity contribution in [1.29, 1.82) is 0 Å². The molecular formula is C27H24F5NO2. The molecule has 3 nitrogen and oxygen atoms in total. The molecule has 184 valence electrons. The van der Waals surface area contributed by atoms with E-state index in [1.54, 1.807) is 0 Å². The highest BCUT2D eigenvalue weighted by Gasteiger charge is 2.31. The van der Waals surface area contributed by atoms with Crippen LogP contribution in [0.2, 0.25) is 0 Å². The Morgan fingerprint density at radius 1 is 0.886 bits per heavy atom. The van der Waals surface area contributed by atoms with Crippen LogP contribution >= 0.6 is 0 Å². The zero-order valence-corrected chi connectivity index (χ0v) is 18.7. The minimum atomic E-state index is -4.48. The van der Waals surface area contributed by atoms with Crippen LogP contribution in [0.25, 0.3) is 0 Å². The first kappa shape index (κ1) is 24.9. The zero-order valence-electron chi connectivity index (χ0n) is 18.7. The van der Waals surface area contributed by atoms with E-state index in [1.807, 2.05) is 0 Å². The molecule has 0 bridgehead atoms. The van der Waals surface area contributed by atoms with Gasteiger partial charge in [0.05, 0.1) is 17.7 Å². The van der Waals surface area contributed by atoms with Gasteiger partial charge in [0.2, 0.25) is 0 Å². The maximum absolute atomic E-state index is 14.3. The molecule has 1 aliphatic rings. The molecule has 2 N–H and O–H groups in total. The van der Waals surface area contributed by atoms with Gasteiger partial charge < -0.3 is 10.4 Å². The summed E-state index contributed by atoms with van der Waals surface area (Å²) in [5.74, 6) is -1.37. The molecule has 3 aromatic carbocycles. The van der Waals surface area contributed by atoms with Crippen LogP contribution in [-0.4, -0.2) is 17.1 Å². The Hall–Kier alpha value is -3.26. The molecule has 2 atom stereocenters. The van der Waals surface area contributed by atoms with E-state index in [9.17, 15) is 31.9 Å². The van der Waals surface area contributed by atoms with Crippen molar-refractivity contribution in [2.24, 2.45) is 0 Å². The van der Waals surface area contributed by atoms with Crippen molar-refractivity contribution in [2.45, 2.75) is 50.4 Å². The number of alkyl halides is 3. The largest absolute Gasteiger partial charge is 0.416 e. The second kappa shape index (κ2) is 10.2. The average Bonchev–Trinajstić information content (AvgIpc) is 2.84. The van der Waals surface area contributed by atoms with Crippen LogP contribution in [0.15, 0.2) is 60.7 Å². The molecule has 0 spiro atoms. The van der Waals surface area contributed by atoms with Crippen molar-refractivity contribution >= 4 is 5.91 Å². The molecule has 0 radical (unpaired) electrons. The first-order valence-electron chi connectivity index (χ1n) is 11.3. The minimum Gasteiger partial charge on any atom is -0.386 e. The van der Waals surface area contributed by atoms with E-state index in [2.05, 4.69) is 5.32 Å². The number of aliphatic hydroxyl groups is 1. The Balaban J connectivity index is 1.63. The number of hydrogen-bond donors (Lipinski definition) is 2. The lowest BCUT2D eigenvalue weighted by molar-refractivity contribution is -0.137. The molecule has 1 aliphatic carbocycles. The fourth-order valence-corrected chi connectivity index (χ4v) is 4.50. The molecule has 0 saturated heterocycles. The van der Waals surface area contributed by atoms with Gasteiger partial charge in [-0.05, 0) is 90.8 Å². The van der Waals surface area contributed by atoms with E-state index in [0.717, 1.165) is 25.0 Å². The first-order valence-corrected chi connectivity index (χ1v) is 11.3. The smallest absolute Gasteiger partial charge is 0.386 e. The lowest BCUT2D eigenvalue weighted by Gasteiger charge is -2.26. The molecular weight excluding hydrogens is 465 g/mol. The van der Waals surface area contributed by atoms with Crippen LogP contribution in [0.1, 0.15) is 57.1 Å². The van der Waals surface area contributed by atoms with Gasteiger partial charge in [-0.15, -0.1) is 0 Å². The third-order valence-electron chi connectivity index (χ3n) is 6.37. The predicted molar refractivity (Wildman–Crippen MR) is 121 cm³/mol. The van der Waals surface area contributed by atoms with Gasteiger partial charge in [0.15, 0.2) is 0 Å². The number of fused-ring (bicyclic) bond motifs is 1. The summed E-state index contributed by atoms with van der Waals surface area (Å²) in [7, 11) is 0. The highest BCUT2D eigenvalue weighted by atomic mass is 19.4. The van der Waals surface area contributed by atoms with Gasteiger partial charge in [0, 0.05) is 5.56 Å². The lowest BCUT2D eigenvalue weighted by Crippen LogP contribution is -2.41. The van der Waals surface area contributed by atoms with Crippen LogP contribution in [0.4, 0.5) is 22.0 Å². The van der Waals surface area contributed by atoms with E-state index in [0.29, 0.717) is 40.7 Å². The zero-order chi connectivity index (χ0) is 25.2. The Bertz CT molecular complexity index is 1190. The standard InChI is InChI=1S/C27H24F5NO2/c28-19-11-7-17(8-12-19)25(34)24(15-16-5-9-18(10-6-16)27(30,31)32)33-26(35)22-13-14-23(29)21-4-2-1-3-20(21)22/h5-14,24-25,34H,1-4,15H2,(H,33,35). The van der Waals surface area contributed by atoms with Crippen LogP contribution in [0, 0.1) is 11.6 Å². The molecule has 0 fully saturated rings. The second-order valence-corrected chi connectivity index (χ2v) is 8.73. The number of carbonyl (C=O) groups excluding carboxylic acids is 1. The Kier molecular flexibility index (Phi) is 7.21. The van der Waals surface area contributed by atoms with Crippen LogP contribution in [0.5, 0.6) is 0 Å². The van der Waals surface area contributed by atoms with Crippen molar-refractivity contribution in [3.8, 4) is 0 Å². The Labute approximate surface area is 199 Å². The molecule has 35 heavy (non-hydrogen) atoms. The highest BCUT2D eigenvalue weighted by Crippen LogP contribution is 2.30. The van der Waals surface area contributed by atoms with E-state index >= 15 is 0 Å². The SMILES string of the molecule is O=C(NC(Cc1ccc(C(F)(F)F)cc1)C(O)c1ccc(F)cc1)c1ccc(F)c2c1CCCC2. The van der Waals surface area contributed by atoms with E-state index in [4.69, 9.17) is 0 Å². The molecule has 0 heterocycles. The van der Waals surface area contributed by atoms with Gasteiger partial charge in [-0.25, -0.2) is 8.78 Å². The minimum absolute atomic E-state index is 0.0196. The Morgan fingerprint density at radius 3 is 2.14 bits per heavy atom. The fraction of sp³-hybridized carbons (Fsp3) is 0.296. The number of amides is 1. The molecule has 1 amide bonds. The molecule has 2 unspecified atom stereocenters. The third kappa shape index (κ3) is 5.70. The lowest BCUT2D eigenvalue weighted by atomic mass is 9.87. The third-order valence-corrected chi connectivity index (χ3v) is 6.37. The maximum atomic E-state index is 14.3. The van der Waals surface area contributed by atoms with E-state index in [-0.39, 0.29) is 12.2 Å². The van der Waals surface area contributed by atoms with Gasteiger partial charge in [-0.3, -0.25) is 4.79 Å². The summed E-state index contributed by atoms with van der Waals surface area (Å²) in [6, 6.07) is 11.3. The van der Waals surface area contributed by atoms with Crippen molar-refractivity contribution in [3.05, 3.63) is 106 Å². The van der Waals surface area contributed by atoms with Gasteiger partial charge in [-0.2, -0.15) is 13.2 Å². The number of aliphatic hydroxyl groups excluding tert-OH is 1. The predicted octanol–water partition coefficient (Wildman–Crippen LogP) is 5.94. The van der Waals surface area contributed by atoms with Gasteiger partial charge in [0.1, 0.15) is 11.6 Å². The van der Waals surface area contributed by atoms with Crippen LogP contribution < -0.4 is 5.32 Å². The summed E-state index contributed by atoms with van der Waals surface area (Å²) < 4.78 is 66.5. The summed E-state index contributed by atoms with van der Waals surface area (Å²) in [4.78, 5) is 13.3. The monoisotopic (exact) mass is 489 g/mol. The topological polar surface area (TPSA) is 49.3 Å². The Morgan fingerprint density at radius 2 is 1.51 bits per heavy atom. The number of hydrogen-bond acceptors (Lipinski definition) is 2. The van der Waals surface area contributed by atoms with E-state index < -0.39 is 35.6 Å². The van der Waals surface area contributed by atoms with Gasteiger partial charge >= 0.3 is 6.18 Å². The summed E-state index contributed by atoms with van der Waals surface area (Å²) in [6.07, 6.45) is -2.99. The summed E-state index contributed by atoms with van der Waals surface area (Å²) >= 11 is 0. The molecule has 0 saturated carbocycles.